The highest BCUT2D eigenvalue weighted by Gasteiger charge is 2.12. The van der Waals surface area contributed by atoms with E-state index in [0.29, 0.717) is 25.9 Å². The molecule has 4 rings (SSSR count). The fourth-order valence-electron chi connectivity index (χ4n) is 2.57. The smallest absolute Gasteiger partial charge is 0.337 e. The van der Waals surface area contributed by atoms with Gasteiger partial charge in [0.2, 0.25) is 4.96 Å². The van der Waals surface area contributed by atoms with Crippen molar-refractivity contribution in [3.63, 3.8) is 0 Å². The van der Waals surface area contributed by atoms with Crippen LogP contribution in [0.3, 0.4) is 0 Å². The van der Waals surface area contributed by atoms with Gasteiger partial charge in [-0.1, -0.05) is 47.2 Å². The summed E-state index contributed by atoms with van der Waals surface area (Å²) in [6.07, 6.45) is 1.74. The first-order chi connectivity index (χ1) is 13.0. The van der Waals surface area contributed by atoms with E-state index >= 15 is 0 Å². The molecule has 0 spiro atoms. The van der Waals surface area contributed by atoms with Gasteiger partial charge in [-0.25, -0.2) is 4.79 Å². The molecule has 0 fully saturated rings. The summed E-state index contributed by atoms with van der Waals surface area (Å²) in [5, 5.41) is 4.88. The number of methoxy groups -OCH3 is 1. The van der Waals surface area contributed by atoms with Crippen molar-refractivity contribution in [1.29, 1.82) is 0 Å². The van der Waals surface area contributed by atoms with Crippen LogP contribution in [0, 0.1) is 0 Å². The van der Waals surface area contributed by atoms with E-state index in [-0.39, 0.29) is 5.56 Å². The van der Waals surface area contributed by atoms with Crippen molar-refractivity contribution in [2.75, 3.05) is 7.11 Å². The number of halogens is 1. The van der Waals surface area contributed by atoms with E-state index in [1.807, 2.05) is 12.1 Å². The van der Waals surface area contributed by atoms with E-state index in [4.69, 9.17) is 11.6 Å². The Hall–Kier alpha value is -3.03. The molecule has 0 aliphatic heterocycles. The molecule has 2 aromatic carbocycles. The zero-order chi connectivity index (χ0) is 19.0. The lowest BCUT2D eigenvalue weighted by molar-refractivity contribution is 0.0600. The van der Waals surface area contributed by atoms with Crippen molar-refractivity contribution < 1.29 is 9.53 Å². The highest BCUT2D eigenvalue weighted by molar-refractivity contribution is 7.15. The first kappa shape index (κ1) is 17.4. The number of nitrogens with zero attached hydrogens (tertiary/aromatic N) is 3. The largest absolute Gasteiger partial charge is 0.465 e. The van der Waals surface area contributed by atoms with Crippen LogP contribution in [0.15, 0.2) is 53.3 Å². The molecule has 2 heterocycles. The minimum Gasteiger partial charge on any atom is -0.465 e. The molecule has 0 N–H and O–H groups in total. The predicted octanol–water partition coefficient (Wildman–Crippen LogP) is 2.81. The lowest BCUT2D eigenvalue weighted by atomic mass is 10.1. The van der Waals surface area contributed by atoms with Crippen LogP contribution in [-0.4, -0.2) is 27.7 Å². The van der Waals surface area contributed by atoms with Crippen LogP contribution < -0.4 is 10.1 Å². The fourth-order valence-corrected chi connectivity index (χ4v) is 3.67. The SMILES string of the molecule is COC(=O)c1ccc(/C=c2/sc3nc(-c4cccc(Cl)c4)nn3c2=O)cc1. The maximum atomic E-state index is 12.6. The standard InChI is InChI=1S/C19H12ClN3O3S/c1-26-18(25)12-7-5-11(6-8-12)9-15-17(24)23-19(27-15)21-16(22-23)13-3-2-4-14(20)10-13/h2-10H,1H3/b15-9+. The summed E-state index contributed by atoms with van der Waals surface area (Å²) < 4.78 is 6.47. The van der Waals surface area contributed by atoms with Crippen molar-refractivity contribution in [3.05, 3.63) is 79.6 Å². The number of aromatic nitrogens is 3. The summed E-state index contributed by atoms with van der Waals surface area (Å²) >= 11 is 7.25. The maximum absolute atomic E-state index is 12.6. The van der Waals surface area contributed by atoms with Crippen molar-refractivity contribution >= 4 is 39.9 Å². The maximum Gasteiger partial charge on any atom is 0.337 e. The molecular formula is C19H12ClN3O3S. The number of esters is 1. The molecule has 0 bridgehead atoms. The monoisotopic (exact) mass is 397 g/mol. The molecule has 0 saturated heterocycles. The van der Waals surface area contributed by atoms with Gasteiger partial charge < -0.3 is 4.74 Å². The van der Waals surface area contributed by atoms with Gasteiger partial charge in [-0.3, -0.25) is 4.79 Å². The van der Waals surface area contributed by atoms with Crippen LogP contribution in [0.4, 0.5) is 0 Å². The fraction of sp³-hybridized carbons (Fsp3) is 0.0526. The first-order valence-corrected chi connectivity index (χ1v) is 9.10. The number of benzene rings is 2. The lowest BCUT2D eigenvalue weighted by Crippen LogP contribution is -2.23. The molecule has 0 atom stereocenters. The summed E-state index contributed by atoms with van der Waals surface area (Å²) in [5.41, 5.74) is 1.75. The number of rotatable bonds is 3. The second-order valence-electron chi connectivity index (χ2n) is 5.67. The molecule has 0 amide bonds. The molecule has 0 unspecified atom stereocenters. The summed E-state index contributed by atoms with van der Waals surface area (Å²) in [6, 6.07) is 14.0. The molecular weight excluding hydrogens is 386 g/mol. The molecule has 8 heteroatoms. The second kappa shape index (κ2) is 6.94. The molecule has 0 saturated carbocycles. The van der Waals surface area contributed by atoms with Gasteiger partial charge in [0.15, 0.2) is 5.82 Å². The van der Waals surface area contributed by atoms with Crippen molar-refractivity contribution in [1.82, 2.24) is 14.6 Å². The Bertz CT molecular complexity index is 1260. The number of ether oxygens (including phenoxy) is 1. The minimum atomic E-state index is -0.404. The van der Waals surface area contributed by atoms with Crippen LogP contribution in [-0.2, 0) is 4.74 Å². The van der Waals surface area contributed by atoms with E-state index in [1.165, 1.54) is 23.0 Å². The second-order valence-corrected chi connectivity index (χ2v) is 7.12. The van der Waals surface area contributed by atoms with Gasteiger partial charge in [-0.15, -0.1) is 5.10 Å². The van der Waals surface area contributed by atoms with Gasteiger partial charge in [-0.05, 0) is 35.9 Å². The van der Waals surface area contributed by atoms with Gasteiger partial charge in [-0.2, -0.15) is 9.50 Å². The van der Waals surface area contributed by atoms with Crippen molar-refractivity contribution in [3.8, 4) is 11.4 Å². The van der Waals surface area contributed by atoms with Crippen LogP contribution in [0.1, 0.15) is 15.9 Å². The molecule has 27 heavy (non-hydrogen) atoms. The zero-order valence-corrected chi connectivity index (χ0v) is 15.6. The van der Waals surface area contributed by atoms with E-state index in [9.17, 15) is 9.59 Å². The quantitative estimate of drug-likeness (QED) is 0.497. The average molecular weight is 398 g/mol. The van der Waals surface area contributed by atoms with E-state index in [1.54, 1.807) is 42.5 Å². The predicted molar refractivity (Wildman–Crippen MR) is 104 cm³/mol. The normalized spacial score (nSPS) is 11.9. The highest BCUT2D eigenvalue weighted by Crippen LogP contribution is 2.20. The zero-order valence-electron chi connectivity index (χ0n) is 14.0. The topological polar surface area (TPSA) is 73.6 Å². The average Bonchev–Trinajstić information content (AvgIpc) is 3.22. The highest BCUT2D eigenvalue weighted by atomic mass is 35.5. The number of hydrogen-bond donors (Lipinski definition) is 0. The van der Waals surface area contributed by atoms with E-state index < -0.39 is 5.97 Å². The lowest BCUT2D eigenvalue weighted by Gasteiger charge is -1.98. The van der Waals surface area contributed by atoms with Crippen LogP contribution in [0.25, 0.3) is 22.4 Å². The molecule has 0 radical (unpaired) electrons. The molecule has 4 aromatic rings. The Morgan fingerprint density at radius 2 is 2.00 bits per heavy atom. The Morgan fingerprint density at radius 3 is 2.67 bits per heavy atom. The van der Waals surface area contributed by atoms with Gasteiger partial charge in [0.1, 0.15) is 0 Å². The summed E-state index contributed by atoms with van der Waals surface area (Å²) in [6.45, 7) is 0. The number of fused-ring (bicyclic) bond motifs is 1. The molecule has 2 aromatic heterocycles. The van der Waals surface area contributed by atoms with Crippen LogP contribution >= 0.6 is 22.9 Å². The Morgan fingerprint density at radius 1 is 1.22 bits per heavy atom. The van der Waals surface area contributed by atoms with E-state index in [2.05, 4.69) is 14.8 Å². The summed E-state index contributed by atoms with van der Waals surface area (Å²) in [5.74, 6) is 0.0493. The molecule has 0 aliphatic rings. The van der Waals surface area contributed by atoms with Crippen LogP contribution in [0.5, 0.6) is 0 Å². The Labute approximate surface area is 162 Å². The number of carbonyl (C=O) groups is 1. The Balaban J connectivity index is 1.72. The molecule has 0 aliphatic carbocycles. The van der Waals surface area contributed by atoms with Gasteiger partial charge in [0.25, 0.3) is 5.56 Å². The van der Waals surface area contributed by atoms with Gasteiger partial charge in [0.05, 0.1) is 17.2 Å². The molecule has 6 nitrogen and oxygen atoms in total. The first-order valence-electron chi connectivity index (χ1n) is 7.91. The Kier molecular flexibility index (Phi) is 4.47. The number of carbonyl (C=O) groups excluding carboxylic acids is 1. The third kappa shape index (κ3) is 3.34. The number of hydrogen-bond acceptors (Lipinski definition) is 6. The summed E-state index contributed by atoms with van der Waals surface area (Å²) in [4.78, 5) is 29.0. The third-order valence-electron chi connectivity index (χ3n) is 3.89. The van der Waals surface area contributed by atoms with Gasteiger partial charge in [0, 0.05) is 10.6 Å². The van der Waals surface area contributed by atoms with Crippen LogP contribution in [0.2, 0.25) is 5.02 Å². The number of thiazole rings is 1. The minimum absolute atomic E-state index is 0.243. The summed E-state index contributed by atoms with van der Waals surface area (Å²) in [7, 11) is 1.33. The van der Waals surface area contributed by atoms with E-state index in [0.717, 1.165) is 11.1 Å². The third-order valence-corrected chi connectivity index (χ3v) is 5.09. The van der Waals surface area contributed by atoms with Crippen molar-refractivity contribution in [2.24, 2.45) is 0 Å². The van der Waals surface area contributed by atoms with Gasteiger partial charge >= 0.3 is 5.97 Å². The van der Waals surface area contributed by atoms with Crippen molar-refractivity contribution in [2.45, 2.75) is 0 Å². The molecule has 134 valence electrons.